The van der Waals surface area contributed by atoms with Gasteiger partial charge < -0.3 is 0 Å². The average Bonchev–Trinajstić information content (AvgIpc) is 2.36. The van der Waals surface area contributed by atoms with Crippen LogP contribution in [0.25, 0.3) is 0 Å². The third-order valence-electron chi connectivity index (χ3n) is 2.65. The Hall–Kier alpha value is -1.06. The molecule has 0 fully saturated rings. The second-order valence-electron chi connectivity index (χ2n) is 3.60. The molecule has 0 spiro atoms. The lowest BCUT2D eigenvalue weighted by Crippen LogP contribution is -2.22. The molecule has 0 radical (unpaired) electrons. The zero-order valence-corrected chi connectivity index (χ0v) is 9.94. The van der Waals surface area contributed by atoms with Crippen molar-refractivity contribution in [1.29, 1.82) is 0 Å². The molecule has 1 aromatic carbocycles. The van der Waals surface area contributed by atoms with E-state index < -0.39 is 0 Å². The van der Waals surface area contributed by atoms with E-state index in [-0.39, 0.29) is 5.78 Å². The largest absolute Gasteiger partial charge is 0.288 e. The van der Waals surface area contributed by atoms with Crippen molar-refractivity contribution >= 4 is 34.9 Å². The number of ketones is 1. The van der Waals surface area contributed by atoms with E-state index in [0.29, 0.717) is 10.6 Å². The SMILES string of the molecule is O=C1C(Cl)=C2SCCN=C2c2ccccc21. The number of nitrogens with zero attached hydrogens (tertiary/aromatic N) is 1. The number of benzene rings is 1. The third kappa shape index (κ3) is 1.35. The number of carbonyl (C=O) groups excluding carboxylic acids is 1. The normalized spacial score (nSPS) is 19.1. The standard InChI is InChI=1S/C12H8ClNOS/c13-9-11(15)8-4-2-1-3-7(8)10-12(9)16-6-5-14-10/h1-4H,5-6H2. The van der Waals surface area contributed by atoms with Gasteiger partial charge in [0.2, 0.25) is 5.78 Å². The van der Waals surface area contributed by atoms with Gasteiger partial charge in [-0.1, -0.05) is 35.9 Å². The van der Waals surface area contributed by atoms with Crippen molar-refractivity contribution in [3.63, 3.8) is 0 Å². The maximum atomic E-state index is 12.0. The topological polar surface area (TPSA) is 29.4 Å². The van der Waals surface area contributed by atoms with Crippen molar-refractivity contribution < 1.29 is 4.79 Å². The highest BCUT2D eigenvalue weighted by atomic mass is 35.5. The lowest BCUT2D eigenvalue weighted by atomic mass is 9.94. The summed E-state index contributed by atoms with van der Waals surface area (Å²) in [6, 6.07) is 7.51. The van der Waals surface area contributed by atoms with E-state index >= 15 is 0 Å². The smallest absolute Gasteiger partial charge is 0.206 e. The highest BCUT2D eigenvalue weighted by Crippen LogP contribution is 2.36. The molecule has 1 aliphatic heterocycles. The van der Waals surface area contributed by atoms with Crippen LogP contribution in [-0.4, -0.2) is 23.8 Å². The van der Waals surface area contributed by atoms with Gasteiger partial charge in [-0.25, -0.2) is 0 Å². The molecular formula is C12H8ClNOS. The van der Waals surface area contributed by atoms with E-state index in [0.717, 1.165) is 28.5 Å². The van der Waals surface area contributed by atoms with E-state index in [1.54, 1.807) is 17.8 Å². The van der Waals surface area contributed by atoms with E-state index in [9.17, 15) is 4.79 Å². The minimum absolute atomic E-state index is 0.0828. The zero-order chi connectivity index (χ0) is 11.1. The van der Waals surface area contributed by atoms with Gasteiger partial charge in [0, 0.05) is 23.4 Å². The second-order valence-corrected chi connectivity index (χ2v) is 5.08. The molecule has 0 atom stereocenters. The molecule has 3 rings (SSSR count). The molecule has 1 aliphatic carbocycles. The number of hydrogen-bond acceptors (Lipinski definition) is 3. The number of aliphatic imine (C=N–C) groups is 1. The molecule has 16 heavy (non-hydrogen) atoms. The monoisotopic (exact) mass is 249 g/mol. The van der Waals surface area contributed by atoms with Crippen molar-refractivity contribution in [3.8, 4) is 0 Å². The van der Waals surface area contributed by atoms with Crippen LogP contribution in [0.4, 0.5) is 0 Å². The first-order chi connectivity index (χ1) is 7.79. The Balaban J connectivity index is 2.30. The summed E-state index contributed by atoms with van der Waals surface area (Å²) in [4.78, 5) is 17.3. The molecule has 4 heteroatoms. The number of thioether (sulfide) groups is 1. The van der Waals surface area contributed by atoms with Crippen molar-refractivity contribution in [3.05, 3.63) is 45.3 Å². The van der Waals surface area contributed by atoms with Crippen molar-refractivity contribution in [2.24, 2.45) is 4.99 Å². The van der Waals surface area contributed by atoms with Gasteiger partial charge >= 0.3 is 0 Å². The first-order valence-electron chi connectivity index (χ1n) is 5.00. The molecule has 0 aromatic heterocycles. The number of Topliss-reactive ketones (excluding diaryl/α,β-unsaturated/α-hetero) is 1. The Labute approximate surface area is 102 Å². The molecule has 0 saturated heterocycles. The molecule has 0 bridgehead atoms. The van der Waals surface area contributed by atoms with Gasteiger partial charge in [0.05, 0.1) is 10.6 Å². The van der Waals surface area contributed by atoms with E-state index in [4.69, 9.17) is 11.6 Å². The lowest BCUT2D eigenvalue weighted by molar-refractivity contribution is 0.104. The van der Waals surface area contributed by atoms with Crippen LogP contribution in [-0.2, 0) is 0 Å². The van der Waals surface area contributed by atoms with Gasteiger partial charge in [-0.2, -0.15) is 0 Å². The minimum atomic E-state index is -0.0828. The lowest BCUT2D eigenvalue weighted by Gasteiger charge is -2.23. The van der Waals surface area contributed by atoms with Crippen LogP contribution in [0.1, 0.15) is 15.9 Å². The van der Waals surface area contributed by atoms with Crippen LogP contribution in [0.15, 0.2) is 39.2 Å². The first kappa shape index (κ1) is 10.1. The maximum Gasteiger partial charge on any atom is 0.206 e. The summed E-state index contributed by atoms with van der Waals surface area (Å²) in [6.45, 7) is 0.788. The molecule has 0 N–H and O–H groups in total. The number of allylic oxidation sites excluding steroid dienone is 2. The average molecular weight is 250 g/mol. The van der Waals surface area contributed by atoms with Crippen molar-refractivity contribution in [1.82, 2.24) is 0 Å². The molecule has 80 valence electrons. The minimum Gasteiger partial charge on any atom is -0.288 e. The molecule has 1 heterocycles. The summed E-state index contributed by atoms with van der Waals surface area (Å²) in [5.41, 5.74) is 2.47. The molecule has 2 aliphatic rings. The van der Waals surface area contributed by atoms with Gasteiger partial charge in [0.15, 0.2) is 0 Å². The number of fused-ring (bicyclic) bond motifs is 3. The van der Waals surface area contributed by atoms with Crippen LogP contribution in [0.5, 0.6) is 0 Å². The van der Waals surface area contributed by atoms with Gasteiger partial charge in [0.1, 0.15) is 5.03 Å². The van der Waals surface area contributed by atoms with Crippen LogP contribution in [0.3, 0.4) is 0 Å². The van der Waals surface area contributed by atoms with E-state index in [1.165, 1.54) is 0 Å². The fourth-order valence-corrected chi connectivity index (χ4v) is 3.20. The quantitative estimate of drug-likeness (QED) is 0.708. The molecule has 0 saturated carbocycles. The molecule has 0 unspecified atom stereocenters. The van der Waals surface area contributed by atoms with E-state index in [1.807, 2.05) is 18.2 Å². The van der Waals surface area contributed by atoms with Crippen LogP contribution in [0, 0.1) is 0 Å². The predicted molar refractivity (Wildman–Crippen MR) is 67.5 cm³/mol. The van der Waals surface area contributed by atoms with Crippen LogP contribution < -0.4 is 0 Å². The van der Waals surface area contributed by atoms with Gasteiger partial charge in [-0.05, 0) is 0 Å². The highest BCUT2D eigenvalue weighted by Gasteiger charge is 2.30. The number of rotatable bonds is 0. The molecule has 2 nitrogen and oxygen atoms in total. The third-order valence-corrected chi connectivity index (χ3v) is 4.19. The van der Waals surface area contributed by atoms with Crippen LogP contribution in [0.2, 0.25) is 0 Å². The Morgan fingerprint density at radius 1 is 1.25 bits per heavy atom. The zero-order valence-electron chi connectivity index (χ0n) is 8.37. The Bertz CT molecular complexity index is 548. The Morgan fingerprint density at radius 2 is 2.00 bits per heavy atom. The first-order valence-corrected chi connectivity index (χ1v) is 6.37. The summed E-state index contributed by atoms with van der Waals surface area (Å²) in [5, 5.41) is 0.321. The summed E-state index contributed by atoms with van der Waals surface area (Å²) < 4.78 is 0. The van der Waals surface area contributed by atoms with E-state index in [2.05, 4.69) is 4.99 Å². The fourth-order valence-electron chi connectivity index (χ4n) is 1.93. The summed E-state index contributed by atoms with van der Waals surface area (Å²) in [5.74, 6) is 0.811. The maximum absolute atomic E-state index is 12.0. The van der Waals surface area contributed by atoms with Crippen molar-refractivity contribution in [2.45, 2.75) is 0 Å². The highest BCUT2D eigenvalue weighted by molar-refractivity contribution is 8.04. The molecule has 0 amide bonds. The van der Waals surface area contributed by atoms with Gasteiger partial charge in [0.25, 0.3) is 0 Å². The second kappa shape index (κ2) is 3.75. The summed E-state index contributed by atoms with van der Waals surface area (Å²) in [7, 11) is 0. The predicted octanol–water partition coefficient (Wildman–Crippen LogP) is 2.87. The number of halogens is 1. The molecular weight excluding hydrogens is 242 g/mol. The van der Waals surface area contributed by atoms with Gasteiger partial charge in [-0.15, -0.1) is 11.8 Å². The molecule has 1 aromatic rings. The Morgan fingerprint density at radius 3 is 2.81 bits per heavy atom. The fraction of sp³-hybridized carbons (Fsp3) is 0.167. The van der Waals surface area contributed by atoms with Gasteiger partial charge in [-0.3, -0.25) is 9.79 Å². The van der Waals surface area contributed by atoms with Crippen LogP contribution >= 0.6 is 23.4 Å². The number of carbonyl (C=O) groups is 1. The van der Waals surface area contributed by atoms with Crippen molar-refractivity contribution in [2.75, 3.05) is 12.3 Å². The number of hydrogen-bond donors (Lipinski definition) is 0. The summed E-state index contributed by atoms with van der Waals surface area (Å²) >= 11 is 7.72. The Kier molecular flexibility index (Phi) is 2.37. The summed E-state index contributed by atoms with van der Waals surface area (Å²) in [6.07, 6.45) is 0.